The summed E-state index contributed by atoms with van der Waals surface area (Å²) in [6.45, 7) is -0.0806. The van der Waals surface area contributed by atoms with Crippen LogP contribution in [0.2, 0.25) is 0 Å². The van der Waals surface area contributed by atoms with Crippen molar-refractivity contribution < 1.29 is 37.7 Å². The Bertz CT molecular complexity index is 1240. The van der Waals surface area contributed by atoms with Crippen LogP contribution < -0.4 is 5.73 Å². The van der Waals surface area contributed by atoms with Crippen molar-refractivity contribution in [1.29, 1.82) is 0 Å². The molecule has 4 N–H and O–H groups in total. The molecule has 2 atom stereocenters. The lowest BCUT2D eigenvalue weighted by atomic mass is 9.68. The van der Waals surface area contributed by atoms with Crippen LogP contribution in [0.1, 0.15) is 23.1 Å². The van der Waals surface area contributed by atoms with Crippen molar-refractivity contribution in [2.24, 2.45) is 10.7 Å². The van der Waals surface area contributed by atoms with E-state index in [9.17, 15) is 23.1 Å². The number of methoxy groups -OCH3 is 1. The molecule has 0 aromatic heterocycles. The summed E-state index contributed by atoms with van der Waals surface area (Å²) < 4.78 is 37.8. The highest BCUT2D eigenvalue weighted by Crippen LogP contribution is 2.50. The minimum Gasteiger partial charge on any atom is -0.475 e. The van der Waals surface area contributed by atoms with Gasteiger partial charge in [-0.2, -0.15) is 13.2 Å². The van der Waals surface area contributed by atoms with Gasteiger partial charge in [-0.15, -0.1) is 0 Å². The lowest BCUT2D eigenvalue weighted by molar-refractivity contribution is -0.192. The molecule has 37 heavy (non-hydrogen) atoms. The number of likely N-dealkylation sites (N-methyl/N-ethyl adjacent to an activating group) is 1. The number of carboxylic acid groups (broad SMARTS) is 1. The fraction of sp³-hybridized carbons (Fsp3) is 0.269. The second-order valence-corrected chi connectivity index (χ2v) is 8.39. The number of allylic oxidation sites excluding steroid dienone is 2. The van der Waals surface area contributed by atoms with Crippen LogP contribution in [0.4, 0.5) is 13.2 Å². The van der Waals surface area contributed by atoms with Gasteiger partial charge >= 0.3 is 12.1 Å². The van der Waals surface area contributed by atoms with Gasteiger partial charge in [0.1, 0.15) is 5.60 Å². The van der Waals surface area contributed by atoms with Crippen LogP contribution in [0.5, 0.6) is 0 Å². The molecule has 8 nitrogen and oxygen atoms in total. The molecular formula is C26H26F3N3O5. The van der Waals surface area contributed by atoms with Crippen molar-refractivity contribution in [2.75, 3.05) is 14.2 Å². The van der Waals surface area contributed by atoms with Gasteiger partial charge in [0.2, 0.25) is 5.54 Å². The van der Waals surface area contributed by atoms with Crippen molar-refractivity contribution in [3.63, 3.8) is 0 Å². The van der Waals surface area contributed by atoms with Crippen LogP contribution >= 0.6 is 0 Å². The van der Waals surface area contributed by atoms with Crippen molar-refractivity contribution in [3.05, 3.63) is 89.5 Å². The highest BCUT2D eigenvalue weighted by atomic mass is 19.4. The molecule has 2 aromatic rings. The van der Waals surface area contributed by atoms with E-state index in [2.05, 4.69) is 0 Å². The molecule has 1 aliphatic heterocycles. The Morgan fingerprint density at radius 2 is 1.76 bits per heavy atom. The largest absolute Gasteiger partial charge is 0.490 e. The smallest absolute Gasteiger partial charge is 0.475 e. The van der Waals surface area contributed by atoms with E-state index in [-0.39, 0.29) is 18.5 Å². The van der Waals surface area contributed by atoms with E-state index in [0.29, 0.717) is 12.0 Å². The van der Waals surface area contributed by atoms with E-state index in [0.717, 1.165) is 16.7 Å². The maximum absolute atomic E-state index is 13.6. The summed E-state index contributed by atoms with van der Waals surface area (Å²) in [4.78, 5) is 28.6. The fourth-order valence-electron chi connectivity index (χ4n) is 4.31. The van der Waals surface area contributed by atoms with Gasteiger partial charge in [-0.05, 0) is 28.3 Å². The molecule has 0 spiro atoms. The van der Waals surface area contributed by atoms with Gasteiger partial charge in [0, 0.05) is 20.6 Å². The molecule has 0 saturated carbocycles. The number of amides is 1. The summed E-state index contributed by atoms with van der Waals surface area (Å²) in [6, 6.07) is 17.2. The second-order valence-electron chi connectivity index (χ2n) is 8.39. The van der Waals surface area contributed by atoms with E-state index in [1.165, 1.54) is 4.90 Å². The first-order chi connectivity index (χ1) is 17.4. The van der Waals surface area contributed by atoms with E-state index in [1.54, 1.807) is 26.3 Å². The quantitative estimate of drug-likeness (QED) is 0.559. The second kappa shape index (κ2) is 10.6. The number of hydrogen-bond donors (Lipinski definition) is 3. The zero-order chi connectivity index (χ0) is 27.4. The maximum atomic E-state index is 13.6. The van der Waals surface area contributed by atoms with Gasteiger partial charge in [-0.25, -0.2) is 9.79 Å². The van der Waals surface area contributed by atoms with Crippen LogP contribution in [0, 0.1) is 0 Å². The average Bonchev–Trinajstić information content (AvgIpc) is 3.14. The van der Waals surface area contributed by atoms with Gasteiger partial charge in [0.05, 0.1) is 6.61 Å². The van der Waals surface area contributed by atoms with Crippen LogP contribution in [-0.4, -0.2) is 58.9 Å². The number of rotatable bonds is 5. The number of nitrogens with two attached hydrogens (primary N) is 1. The first-order valence-electron chi connectivity index (χ1n) is 11.0. The maximum Gasteiger partial charge on any atom is 0.490 e. The zero-order valence-corrected chi connectivity index (χ0v) is 20.1. The number of alkyl halides is 3. The number of aliphatic imine (C=N–C) groups is 1. The van der Waals surface area contributed by atoms with Crippen molar-refractivity contribution in [3.8, 4) is 0 Å². The lowest BCUT2D eigenvalue weighted by Crippen LogP contribution is -2.57. The van der Waals surface area contributed by atoms with Crippen LogP contribution in [0.3, 0.4) is 0 Å². The van der Waals surface area contributed by atoms with Crippen molar-refractivity contribution >= 4 is 23.4 Å². The average molecular weight is 518 g/mol. The number of halogens is 3. The molecule has 2 aromatic carbocycles. The number of carboxylic acids is 1. The number of guanidine groups is 1. The number of nitrogens with zero attached hydrogens (tertiary/aromatic N) is 2. The topological polar surface area (TPSA) is 125 Å². The molecule has 196 valence electrons. The number of ether oxygens (including phenoxy) is 1. The van der Waals surface area contributed by atoms with Gasteiger partial charge in [-0.3, -0.25) is 9.69 Å². The highest BCUT2D eigenvalue weighted by molar-refractivity contribution is 6.08. The summed E-state index contributed by atoms with van der Waals surface area (Å²) in [5.41, 5.74) is 7.20. The molecule has 0 bridgehead atoms. The van der Waals surface area contributed by atoms with Crippen molar-refractivity contribution in [2.45, 2.75) is 30.3 Å². The normalized spacial score (nSPS) is 23.2. The fourth-order valence-corrected chi connectivity index (χ4v) is 4.31. The Balaban J connectivity index is 0.000000479. The first kappa shape index (κ1) is 27.6. The number of carbonyl (C=O) groups excluding carboxylic acids is 1. The molecule has 0 radical (unpaired) electrons. The molecule has 1 amide bonds. The molecule has 0 saturated heterocycles. The number of hydrogen-bond acceptors (Lipinski definition) is 6. The molecule has 2 unspecified atom stereocenters. The molecule has 1 heterocycles. The van der Waals surface area contributed by atoms with Crippen molar-refractivity contribution in [1.82, 2.24) is 4.90 Å². The highest BCUT2D eigenvalue weighted by Gasteiger charge is 2.62. The van der Waals surface area contributed by atoms with Gasteiger partial charge < -0.3 is 20.7 Å². The van der Waals surface area contributed by atoms with E-state index in [1.807, 2.05) is 60.7 Å². The monoisotopic (exact) mass is 517 g/mol. The standard InChI is InChI=1S/C24H25N3O3.C2HF3O2/c1-27-21(29)24(26-22(27)25,20-12-10-17(16-28)11-13-20)23(30-2)14-6-9-19(15-23)18-7-4-3-5-8-18;3-2(4,5)1(6)7/h3-14,28H,15-16H2,1-2H3,(H2,25,26);(H,6,7). The summed E-state index contributed by atoms with van der Waals surface area (Å²) in [7, 11) is 3.22. The van der Waals surface area contributed by atoms with Gasteiger partial charge in [-0.1, -0.05) is 66.7 Å². The predicted molar refractivity (Wildman–Crippen MR) is 130 cm³/mol. The Labute approximate surface area is 211 Å². The summed E-state index contributed by atoms with van der Waals surface area (Å²) in [5, 5.41) is 16.6. The number of benzene rings is 2. The number of carbonyl (C=O) groups is 2. The first-order valence-corrected chi connectivity index (χ1v) is 11.0. The third kappa shape index (κ3) is 5.13. The van der Waals surface area contributed by atoms with E-state index >= 15 is 0 Å². The van der Waals surface area contributed by atoms with E-state index in [4.69, 9.17) is 25.4 Å². The minimum absolute atomic E-state index is 0.0806. The molecular weight excluding hydrogens is 491 g/mol. The lowest BCUT2D eigenvalue weighted by Gasteiger charge is -2.44. The third-order valence-electron chi connectivity index (χ3n) is 6.27. The number of aliphatic hydroxyl groups is 1. The Kier molecular flexibility index (Phi) is 7.89. The van der Waals surface area contributed by atoms with Crippen LogP contribution in [0.25, 0.3) is 5.57 Å². The summed E-state index contributed by atoms with van der Waals surface area (Å²) in [5.74, 6) is -2.86. The number of aliphatic hydroxyl groups excluding tert-OH is 1. The molecule has 11 heteroatoms. The van der Waals surface area contributed by atoms with Crippen LogP contribution in [-0.2, 0) is 26.5 Å². The third-order valence-corrected chi connectivity index (χ3v) is 6.27. The molecule has 1 aliphatic carbocycles. The molecule has 0 fully saturated rings. The number of aliphatic carboxylic acids is 1. The van der Waals surface area contributed by atoms with Gasteiger partial charge in [0.25, 0.3) is 5.91 Å². The Morgan fingerprint density at radius 3 is 2.22 bits per heavy atom. The van der Waals surface area contributed by atoms with Crippen LogP contribution in [0.15, 0.2) is 77.8 Å². The Morgan fingerprint density at radius 1 is 1.16 bits per heavy atom. The van der Waals surface area contributed by atoms with E-state index < -0.39 is 23.3 Å². The van der Waals surface area contributed by atoms with Gasteiger partial charge in [0.15, 0.2) is 5.96 Å². The molecule has 2 aliphatic rings. The molecule has 4 rings (SSSR count). The zero-order valence-electron chi connectivity index (χ0n) is 20.1. The SMILES string of the molecule is COC1(C2(c3ccc(CO)cc3)N=C(N)N(C)C2=O)C=CC=C(c2ccccc2)C1.O=C(O)C(F)(F)F. The minimum atomic E-state index is -5.08. The Hall–Kier alpha value is -3.96. The summed E-state index contributed by atoms with van der Waals surface area (Å²) >= 11 is 0. The summed E-state index contributed by atoms with van der Waals surface area (Å²) in [6.07, 6.45) is 1.21. The predicted octanol–water partition coefficient (Wildman–Crippen LogP) is 3.22.